The zero-order valence-corrected chi connectivity index (χ0v) is 29.2. The Morgan fingerprint density at radius 2 is 1.56 bits per heavy atom. The molecule has 1 fully saturated rings. The Morgan fingerprint density at radius 1 is 0.953 bits per heavy atom. The summed E-state index contributed by atoms with van der Waals surface area (Å²) in [6.07, 6.45) is 1.93. The summed E-state index contributed by atoms with van der Waals surface area (Å²) in [6.45, 7) is 22.0. The highest BCUT2D eigenvalue weighted by molar-refractivity contribution is 7.18. The molecule has 1 saturated heterocycles. The van der Waals surface area contributed by atoms with Crippen LogP contribution in [0.15, 0.2) is 54.6 Å². The van der Waals surface area contributed by atoms with Gasteiger partial charge in [0, 0.05) is 19.0 Å². The summed E-state index contributed by atoms with van der Waals surface area (Å²) < 4.78 is 12.1. The lowest BCUT2D eigenvalue weighted by molar-refractivity contribution is -0.171. The van der Waals surface area contributed by atoms with Gasteiger partial charge >= 0.3 is 5.97 Å². The first-order valence-electron chi connectivity index (χ1n) is 15.3. The number of halogens is 1. The maximum atomic E-state index is 12.4. The monoisotopic (exact) mass is 627 g/mol. The molecule has 0 bridgehead atoms. The summed E-state index contributed by atoms with van der Waals surface area (Å²) in [4.78, 5) is 27.8. The van der Waals surface area contributed by atoms with Crippen molar-refractivity contribution in [3.63, 3.8) is 0 Å². The van der Waals surface area contributed by atoms with Gasteiger partial charge in [0.05, 0.1) is 9.21 Å². The molecule has 1 unspecified atom stereocenters. The van der Waals surface area contributed by atoms with Crippen LogP contribution in [-0.2, 0) is 22.5 Å². The number of thiophene rings is 1. The lowest BCUT2D eigenvalue weighted by Gasteiger charge is -2.30. The van der Waals surface area contributed by atoms with Crippen molar-refractivity contribution in [2.24, 2.45) is 5.92 Å². The molecule has 0 radical (unpaired) electrons. The summed E-state index contributed by atoms with van der Waals surface area (Å²) in [5.74, 6) is 0.780. The van der Waals surface area contributed by atoms with Crippen molar-refractivity contribution in [3.05, 3.63) is 86.1 Å². The first kappa shape index (κ1) is 36.5. The number of hydrogen-bond acceptors (Lipinski definition) is 6. The average Bonchev–Trinajstić information content (AvgIpc) is 3.60. The molecule has 1 aliphatic heterocycles. The molecule has 0 spiro atoms. The number of aryl methyl sites for hydroxylation is 3. The zero-order valence-electron chi connectivity index (χ0n) is 27.7. The number of esters is 1. The number of carbonyl (C=O) groups is 2. The van der Waals surface area contributed by atoms with Crippen molar-refractivity contribution < 1.29 is 19.1 Å². The number of ether oxygens (including phenoxy) is 2. The van der Waals surface area contributed by atoms with Crippen molar-refractivity contribution in [3.8, 4) is 5.75 Å². The SMILES string of the molecule is CC.CCc1cc(C)c(OC(C)(C)C(=O)OC(C)(C)C)c(C)c1.O=C(c1ccc(Cl)s1)C1CCN(Cc2ccccc2)C1. The van der Waals surface area contributed by atoms with Crippen LogP contribution in [0.2, 0.25) is 4.34 Å². The van der Waals surface area contributed by atoms with E-state index >= 15 is 0 Å². The Bertz CT molecular complexity index is 1300. The highest BCUT2D eigenvalue weighted by Gasteiger charge is 2.35. The molecular formula is C36H50ClNO4S. The Hall–Kier alpha value is -2.67. The van der Waals surface area contributed by atoms with Crippen LogP contribution in [0, 0.1) is 19.8 Å². The highest BCUT2D eigenvalue weighted by Crippen LogP contribution is 2.30. The molecule has 2 aromatic carbocycles. The van der Waals surface area contributed by atoms with Gasteiger partial charge in [-0.15, -0.1) is 11.3 Å². The molecule has 1 atom stereocenters. The third kappa shape index (κ3) is 11.4. The second-order valence-corrected chi connectivity index (χ2v) is 13.9. The predicted molar refractivity (Wildman–Crippen MR) is 181 cm³/mol. The van der Waals surface area contributed by atoms with Crippen molar-refractivity contribution in [1.29, 1.82) is 0 Å². The van der Waals surface area contributed by atoms with E-state index in [1.54, 1.807) is 19.9 Å². The number of ketones is 1. The molecule has 0 amide bonds. The second-order valence-electron chi connectivity index (χ2n) is 12.2. The second kappa shape index (κ2) is 16.4. The van der Waals surface area contributed by atoms with Crippen LogP contribution in [0.4, 0.5) is 0 Å². The fourth-order valence-corrected chi connectivity index (χ4v) is 5.84. The van der Waals surface area contributed by atoms with Crippen molar-refractivity contribution >= 4 is 34.7 Å². The minimum Gasteiger partial charge on any atom is -0.476 e. The number of hydrogen-bond donors (Lipinski definition) is 0. The van der Waals surface area contributed by atoms with Crippen LogP contribution < -0.4 is 4.74 Å². The minimum absolute atomic E-state index is 0.119. The van der Waals surface area contributed by atoms with E-state index in [9.17, 15) is 9.59 Å². The molecule has 2 heterocycles. The number of Topliss-reactive ketones (excluding diaryl/α,β-unsaturated/α-hetero) is 1. The molecular weight excluding hydrogens is 578 g/mol. The zero-order chi connectivity index (χ0) is 32.4. The maximum absolute atomic E-state index is 12.4. The molecule has 3 aromatic rings. The van der Waals surface area contributed by atoms with E-state index in [0.717, 1.165) is 54.2 Å². The Morgan fingerprint density at radius 3 is 2.07 bits per heavy atom. The lowest BCUT2D eigenvalue weighted by Crippen LogP contribution is -2.43. The van der Waals surface area contributed by atoms with Crippen LogP contribution >= 0.6 is 22.9 Å². The summed E-state index contributed by atoms with van der Waals surface area (Å²) in [7, 11) is 0. The number of carbonyl (C=O) groups excluding carboxylic acids is 2. The maximum Gasteiger partial charge on any atom is 0.350 e. The molecule has 236 valence electrons. The van der Waals surface area contributed by atoms with Crippen LogP contribution in [0.3, 0.4) is 0 Å². The standard InChI is InChI=1S/C18H28O3.C16H16ClNOS.C2H6/c1-9-14-10-12(2)15(13(3)11-14)20-18(7,8)16(19)21-17(4,5)6;17-15-7-6-14(20-15)16(19)13-8-9-18(11-13)10-12-4-2-1-3-5-12;1-2/h10-11H,9H2,1-8H3;1-7,13H,8-11H2;1-2H3. The molecule has 7 heteroatoms. The van der Waals surface area contributed by atoms with Gasteiger partial charge in [0.15, 0.2) is 11.4 Å². The van der Waals surface area contributed by atoms with Gasteiger partial charge in [-0.2, -0.15) is 0 Å². The minimum atomic E-state index is -1.02. The summed E-state index contributed by atoms with van der Waals surface area (Å²) in [6, 6.07) is 18.3. The number of rotatable bonds is 8. The van der Waals surface area contributed by atoms with Gasteiger partial charge in [0.1, 0.15) is 11.4 Å². The van der Waals surface area contributed by atoms with Crippen molar-refractivity contribution in [2.75, 3.05) is 13.1 Å². The Kier molecular flexibility index (Phi) is 13.9. The quantitative estimate of drug-likeness (QED) is 0.184. The van der Waals surface area contributed by atoms with Gasteiger partial charge in [-0.25, -0.2) is 4.79 Å². The van der Waals surface area contributed by atoms with Gasteiger partial charge in [-0.3, -0.25) is 9.69 Å². The smallest absolute Gasteiger partial charge is 0.350 e. The van der Waals surface area contributed by atoms with Crippen LogP contribution in [0.25, 0.3) is 0 Å². The molecule has 5 nitrogen and oxygen atoms in total. The fraction of sp³-hybridized carbons (Fsp3) is 0.500. The first-order chi connectivity index (χ1) is 20.2. The summed E-state index contributed by atoms with van der Waals surface area (Å²) in [5, 5.41) is 0. The molecule has 0 saturated carbocycles. The van der Waals surface area contributed by atoms with E-state index in [2.05, 4.69) is 48.2 Å². The number of likely N-dealkylation sites (tertiary alicyclic amines) is 1. The molecule has 1 aliphatic rings. The van der Waals surface area contributed by atoms with Crippen molar-refractivity contribution in [2.45, 2.75) is 99.8 Å². The summed E-state index contributed by atoms with van der Waals surface area (Å²) >= 11 is 7.29. The van der Waals surface area contributed by atoms with Gasteiger partial charge in [0.25, 0.3) is 0 Å². The molecule has 43 heavy (non-hydrogen) atoms. The first-order valence-corrected chi connectivity index (χ1v) is 16.5. The summed E-state index contributed by atoms with van der Waals surface area (Å²) in [5.41, 5.74) is 3.13. The van der Waals surface area contributed by atoms with E-state index in [1.807, 2.05) is 60.6 Å². The van der Waals surface area contributed by atoms with Crippen LogP contribution in [0.5, 0.6) is 5.75 Å². The fourth-order valence-electron chi connectivity index (χ4n) is 4.78. The van der Waals surface area contributed by atoms with E-state index < -0.39 is 11.2 Å². The van der Waals surface area contributed by atoms with E-state index in [4.69, 9.17) is 21.1 Å². The molecule has 4 rings (SSSR count). The molecule has 0 aliphatic carbocycles. The van der Waals surface area contributed by atoms with E-state index in [-0.39, 0.29) is 17.7 Å². The van der Waals surface area contributed by atoms with Crippen molar-refractivity contribution in [1.82, 2.24) is 4.90 Å². The van der Waals surface area contributed by atoms with Gasteiger partial charge in [0.2, 0.25) is 0 Å². The number of benzene rings is 2. The molecule has 0 N–H and O–H groups in total. The largest absolute Gasteiger partial charge is 0.476 e. The van der Waals surface area contributed by atoms with Gasteiger partial charge in [-0.1, -0.05) is 74.8 Å². The lowest BCUT2D eigenvalue weighted by atomic mass is 10.0. The topological polar surface area (TPSA) is 55.8 Å². The predicted octanol–water partition coefficient (Wildman–Crippen LogP) is 9.50. The third-order valence-electron chi connectivity index (χ3n) is 6.88. The Labute approximate surface area is 268 Å². The number of nitrogens with zero attached hydrogens (tertiary/aromatic N) is 1. The van der Waals surface area contributed by atoms with Gasteiger partial charge < -0.3 is 9.47 Å². The van der Waals surface area contributed by atoms with Crippen LogP contribution in [0.1, 0.15) is 93.7 Å². The highest BCUT2D eigenvalue weighted by atomic mass is 35.5. The average molecular weight is 628 g/mol. The normalized spacial score (nSPS) is 15.1. The Balaban J connectivity index is 0.000000284. The van der Waals surface area contributed by atoms with Crippen LogP contribution in [-0.4, -0.2) is 40.9 Å². The third-order valence-corrected chi connectivity index (χ3v) is 8.13. The van der Waals surface area contributed by atoms with Gasteiger partial charge in [-0.05, 0) is 102 Å². The van der Waals surface area contributed by atoms with E-state index in [0.29, 0.717) is 4.34 Å². The molecule has 1 aromatic heterocycles. The van der Waals surface area contributed by atoms with E-state index in [1.165, 1.54) is 22.5 Å².